The minimum Gasteiger partial charge on any atom is -0.481 e. The molecule has 1 saturated carbocycles. The Morgan fingerprint density at radius 3 is 2.77 bits per heavy atom. The molecule has 22 heavy (non-hydrogen) atoms. The molecule has 4 nitrogen and oxygen atoms in total. The molecule has 1 amide bonds. The van der Waals surface area contributed by atoms with E-state index in [1.54, 1.807) is 35.6 Å². The van der Waals surface area contributed by atoms with Crippen molar-refractivity contribution in [2.75, 3.05) is 5.32 Å². The first-order chi connectivity index (χ1) is 10.6. The Morgan fingerprint density at radius 1 is 1.32 bits per heavy atom. The molecule has 0 radical (unpaired) electrons. The summed E-state index contributed by atoms with van der Waals surface area (Å²) in [6.07, 6.45) is 0.781. The number of para-hydroxylation sites is 1. The average molecular weight is 315 g/mol. The van der Waals surface area contributed by atoms with Crippen LogP contribution in [0.4, 0.5) is 5.69 Å². The summed E-state index contributed by atoms with van der Waals surface area (Å²) in [5.74, 6) is -0.613. The van der Waals surface area contributed by atoms with Crippen molar-refractivity contribution < 1.29 is 14.7 Å². The Morgan fingerprint density at radius 2 is 2.09 bits per heavy atom. The number of aliphatic carboxylic acids is 1. The van der Waals surface area contributed by atoms with Crippen LogP contribution in [0.15, 0.2) is 35.7 Å². The zero-order valence-electron chi connectivity index (χ0n) is 12.2. The molecule has 1 heterocycles. The van der Waals surface area contributed by atoms with Crippen LogP contribution in [0.3, 0.4) is 0 Å². The fourth-order valence-corrected chi connectivity index (χ4v) is 3.83. The number of carbonyl (C=O) groups excluding carboxylic acids is 1. The summed E-state index contributed by atoms with van der Waals surface area (Å²) in [6, 6.07) is 9.15. The summed E-state index contributed by atoms with van der Waals surface area (Å²) in [5, 5.41) is 13.9. The van der Waals surface area contributed by atoms with E-state index in [0.29, 0.717) is 17.2 Å². The van der Waals surface area contributed by atoms with E-state index >= 15 is 0 Å². The van der Waals surface area contributed by atoms with Crippen molar-refractivity contribution in [2.45, 2.75) is 25.7 Å². The van der Waals surface area contributed by atoms with E-state index in [1.807, 2.05) is 0 Å². The van der Waals surface area contributed by atoms with E-state index in [0.717, 1.165) is 6.42 Å². The van der Waals surface area contributed by atoms with Crippen molar-refractivity contribution in [3.05, 3.63) is 51.7 Å². The Labute approximate surface area is 132 Å². The number of carbonyl (C=O) groups is 2. The maximum absolute atomic E-state index is 12.4. The van der Waals surface area contributed by atoms with Gasteiger partial charge in [-0.3, -0.25) is 9.59 Å². The minimum atomic E-state index is -0.903. The maximum Gasteiger partial charge on any atom is 0.307 e. The van der Waals surface area contributed by atoms with Crippen LogP contribution in [0, 0.1) is 12.8 Å². The Bertz CT molecular complexity index is 722. The van der Waals surface area contributed by atoms with E-state index in [-0.39, 0.29) is 18.2 Å². The van der Waals surface area contributed by atoms with Gasteiger partial charge in [-0.1, -0.05) is 18.2 Å². The normalized spacial score (nSPS) is 19.7. The third-order valence-corrected chi connectivity index (χ3v) is 5.13. The number of aryl methyl sites for hydroxylation is 1. The summed E-state index contributed by atoms with van der Waals surface area (Å²) >= 11 is 1.70. The summed E-state index contributed by atoms with van der Waals surface area (Å²) in [5.41, 5.74) is 2.48. The molecule has 0 aliphatic heterocycles. The zero-order valence-corrected chi connectivity index (χ0v) is 13.0. The second-order valence-corrected chi connectivity index (χ2v) is 6.58. The fraction of sp³-hybridized carbons (Fsp3) is 0.294. The van der Waals surface area contributed by atoms with Crippen molar-refractivity contribution >= 4 is 28.9 Å². The summed E-state index contributed by atoms with van der Waals surface area (Å²) < 4.78 is 0. The van der Waals surface area contributed by atoms with Gasteiger partial charge in [0.15, 0.2) is 0 Å². The second kappa shape index (κ2) is 5.93. The number of hydrogen-bond acceptors (Lipinski definition) is 3. The average Bonchev–Trinajstić information content (AvgIpc) is 3.15. The Kier molecular flexibility index (Phi) is 3.98. The largest absolute Gasteiger partial charge is 0.481 e. The van der Waals surface area contributed by atoms with Crippen LogP contribution < -0.4 is 5.32 Å². The molecule has 1 aliphatic rings. The predicted octanol–water partition coefficient (Wildman–Crippen LogP) is 3.43. The lowest BCUT2D eigenvalue weighted by atomic mass is 10.1. The molecule has 2 N–H and O–H groups in total. The number of carboxylic acid groups (broad SMARTS) is 1. The highest BCUT2D eigenvalue weighted by atomic mass is 32.1. The molecule has 2 atom stereocenters. The molecule has 1 aromatic carbocycles. The van der Waals surface area contributed by atoms with Crippen molar-refractivity contribution in [3.8, 4) is 0 Å². The van der Waals surface area contributed by atoms with Gasteiger partial charge in [0.05, 0.1) is 6.42 Å². The molecule has 0 spiro atoms. The smallest absolute Gasteiger partial charge is 0.307 e. The molecular weight excluding hydrogens is 298 g/mol. The molecule has 2 aromatic rings. The fourth-order valence-electron chi connectivity index (χ4n) is 2.72. The quantitative estimate of drug-likeness (QED) is 0.888. The molecule has 1 aliphatic carbocycles. The molecule has 114 valence electrons. The van der Waals surface area contributed by atoms with E-state index < -0.39 is 5.97 Å². The maximum atomic E-state index is 12.4. The SMILES string of the molecule is Cc1ccsc1C1CC1C(=O)Nc1ccccc1CC(=O)O. The number of amides is 1. The third kappa shape index (κ3) is 3.04. The van der Waals surface area contributed by atoms with Crippen LogP contribution in [0.5, 0.6) is 0 Å². The van der Waals surface area contributed by atoms with Gasteiger partial charge in [0.1, 0.15) is 0 Å². The van der Waals surface area contributed by atoms with Gasteiger partial charge in [-0.15, -0.1) is 11.3 Å². The van der Waals surface area contributed by atoms with E-state index in [4.69, 9.17) is 5.11 Å². The molecule has 0 saturated heterocycles. The molecule has 5 heteroatoms. The molecule has 3 rings (SSSR count). The van der Waals surface area contributed by atoms with Crippen LogP contribution in [0.25, 0.3) is 0 Å². The van der Waals surface area contributed by atoms with Gasteiger partial charge < -0.3 is 10.4 Å². The summed E-state index contributed by atoms with van der Waals surface area (Å²) in [7, 11) is 0. The van der Waals surface area contributed by atoms with Gasteiger partial charge in [0, 0.05) is 22.4 Å². The highest BCUT2D eigenvalue weighted by Gasteiger charge is 2.45. The van der Waals surface area contributed by atoms with Gasteiger partial charge in [-0.05, 0) is 42.0 Å². The van der Waals surface area contributed by atoms with Gasteiger partial charge >= 0.3 is 5.97 Å². The molecule has 0 bridgehead atoms. The summed E-state index contributed by atoms with van der Waals surface area (Å²) in [4.78, 5) is 24.6. The standard InChI is InChI=1S/C17H17NO3S/c1-10-6-7-22-16(10)12-9-13(12)17(21)18-14-5-3-2-4-11(14)8-15(19)20/h2-7,12-13H,8-9H2,1H3,(H,18,21)(H,19,20). The van der Waals surface area contributed by atoms with Crippen LogP contribution in [0.1, 0.15) is 28.3 Å². The van der Waals surface area contributed by atoms with Gasteiger partial charge in [-0.25, -0.2) is 0 Å². The van der Waals surface area contributed by atoms with Crippen molar-refractivity contribution in [3.63, 3.8) is 0 Å². The number of rotatable bonds is 5. The van der Waals surface area contributed by atoms with Crippen LogP contribution in [-0.2, 0) is 16.0 Å². The predicted molar refractivity (Wildman–Crippen MR) is 86.3 cm³/mol. The molecule has 1 aromatic heterocycles. The van der Waals surface area contributed by atoms with Crippen LogP contribution in [-0.4, -0.2) is 17.0 Å². The third-order valence-electron chi connectivity index (χ3n) is 3.98. The van der Waals surface area contributed by atoms with Gasteiger partial charge in [0.2, 0.25) is 5.91 Å². The van der Waals surface area contributed by atoms with Crippen molar-refractivity contribution in [2.24, 2.45) is 5.92 Å². The lowest BCUT2D eigenvalue weighted by Gasteiger charge is -2.09. The Balaban J connectivity index is 1.69. The number of hydrogen-bond donors (Lipinski definition) is 2. The highest BCUT2D eigenvalue weighted by Crippen LogP contribution is 2.50. The minimum absolute atomic E-state index is 0.00441. The highest BCUT2D eigenvalue weighted by molar-refractivity contribution is 7.10. The number of benzene rings is 1. The van der Waals surface area contributed by atoms with Gasteiger partial charge in [0.25, 0.3) is 0 Å². The first kappa shape index (κ1) is 14.8. The lowest BCUT2D eigenvalue weighted by Crippen LogP contribution is -2.16. The van der Waals surface area contributed by atoms with Crippen LogP contribution in [0.2, 0.25) is 0 Å². The summed E-state index contributed by atoms with van der Waals surface area (Å²) in [6.45, 7) is 2.07. The number of thiophene rings is 1. The van der Waals surface area contributed by atoms with Crippen LogP contribution >= 0.6 is 11.3 Å². The van der Waals surface area contributed by atoms with Gasteiger partial charge in [-0.2, -0.15) is 0 Å². The van der Waals surface area contributed by atoms with Crippen molar-refractivity contribution in [1.82, 2.24) is 0 Å². The lowest BCUT2D eigenvalue weighted by molar-refractivity contribution is -0.136. The number of anilines is 1. The number of carboxylic acids is 1. The van der Waals surface area contributed by atoms with E-state index in [9.17, 15) is 9.59 Å². The first-order valence-corrected chi connectivity index (χ1v) is 8.08. The molecule has 2 unspecified atom stereocenters. The molecular formula is C17H17NO3S. The molecule has 1 fully saturated rings. The topological polar surface area (TPSA) is 66.4 Å². The first-order valence-electron chi connectivity index (χ1n) is 7.21. The Hall–Kier alpha value is -2.14. The van der Waals surface area contributed by atoms with E-state index in [2.05, 4.69) is 23.7 Å². The second-order valence-electron chi connectivity index (χ2n) is 5.63. The zero-order chi connectivity index (χ0) is 15.7. The number of nitrogens with one attached hydrogen (secondary N) is 1. The monoisotopic (exact) mass is 315 g/mol. The van der Waals surface area contributed by atoms with Crippen molar-refractivity contribution in [1.29, 1.82) is 0 Å². The van der Waals surface area contributed by atoms with E-state index in [1.165, 1.54) is 10.4 Å².